The van der Waals surface area contributed by atoms with Crippen molar-refractivity contribution in [3.8, 4) is 10.6 Å². The summed E-state index contributed by atoms with van der Waals surface area (Å²) in [6, 6.07) is 10.2. The summed E-state index contributed by atoms with van der Waals surface area (Å²) in [4.78, 5) is 16.4. The number of nitrogens with one attached hydrogen (secondary N) is 1. The number of hydrogen-bond donors (Lipinski definition) is 2. The highest BCUT2D eigenvalue weighted by Crippen LogP contribution is 2.33. The Balaban J connectivity index is 1.91. The molecular formula is C17H19N3O2S2. The number of hydrogen-bond acceptors (Lipinski definition) is 6. The number of rotatable bonds is 6. The van der Waals surface area contributed by atoms with Crippen LogP contribution >= 0.6 is 23.3 Å². The molecule has 0 atom stereocenters. The first-order valence-corrected chi connectivity index (χ1v) is 9.32. The van der Waals surface area contributed by atoms with E-state index in [0.717, 1.165) is 27.7 Å². The fourth-order valence-corrected chi connectivity index (χ4v) is 3.89. The number of nitrogens with zero attached hydrogens (tertiary/aromatic N) is 2. The standard InChI is InChI=1S/C17H19N3O2S2/c1-17(2,11-21)19-13-8-20(9-14-15(13)18-16(22)24-14)23-10-12-6-4-3-5-7-12/h3-9,19,21H,10-11H2,1-2H3. The average molecular weight is 361 g/mol. The first-order chi connectivity index (χ1) is 11.5. The molecule has 2 N–H and O–H groups in total. The second kappa shape index (κ2) is 6.96. The van der Waals surface area contributed by atoms with Gasteiger partial charge in [0.1, 0.15) is 5.69 Å². The highest BCUT2D eigenvalue weighted by atomic mass is 32.2. The number of aliphatic hydroxyl groups is 1. The first-order valence-electron chi connectivity index (χ1n) is 7.56. The number of pyridine rings is 1. The molecule has 0 amide bonds. The predicted molar refractivity (Wildman–Crippen MR) is 101 cm³/mol. The van der Waals surface area contributed by atoms with Crippen molar-refractivity contribution in [2.24, 2.45) is 0 Å². The Morgan fingerprint density at radius 2 is 2.04 bits per heavy atom. The SMILES string of the molecule is CC(C)(CO)Nc1cn(SCc2ccccc2)cc2sc(=O)nc1-2. The Morgan fingerprint density at radius 3 is 2.75 bits per heavy atom. The van der Waals surface area contributed by atoms with Gasteiger partial charge in [-0.1, -0.05) is 41.7 Å². The van der Waals surface area contributed by atoms with Gasteiger partial charge in [-0.05, 0) is 31.4 Å². The smallest absolute Gasteiger partial charge is 0.327 e. The van der Waals surface area contributed by atoms with Crippen molar-refractivity contribution in [1.29, 1.82) is 0 Å². The Hall–Kier alpha value is -1.83. The van der Waals surface area contributed by atoms with Crippen LogP contribution in [0.3, 0.4) is 0 Å². The summed E-state index contributed by atoms with van der Waals surface area (Å²) in [6.07, 6.45) is 3.85. The van der Waals surface area contributed by atoms with Crippen molar-refractivity contribution in [2.45, 2.75) is 25.1 Å². The molecule has 5 nitrogen and oxygen atoms in total. The molecule has 1 aromatic rings. The zero-order valence-electron chi connectivity index (χ0n) is 13.5. The van der Waals surface area contributed by atoms with Gasteiger partial charge in [0.05, 0.1) is 22.7 Å². The third kappa shape index (κ3) is 3.98. The largest absolute Gasteiger partial charge is 0.394 e. The molecule has 0 spiro atoms. The molecule has 0 bridgehead atoms. The summed E-state index contributed by atoms with van der Waals surface area (Å²) in [5.41, 5.74) is 2.14. The van der Waals surface area contributed by atoms with Gasteiger partial charge < -0.3 is 10.4 Å². The van der Waals surface area contributed by atoms with E-state index in [1.54, 1.807) is 11.9 Å². The van der Waals surface area contributed by atoms with Crippen molar-refractivity contribution in [3.63, 3.8) is 0 Å². The van der Waals surface area contributed by atoms with Crippen LogP contribution in [0, 0.1) is 0 Å². The monoisotopic (exact) mass is 361 g/mol. The van der Waals surface area contributed by atoms with Gasteiger partial charge in [-0.15, -0.1) is 0 Å². The summed E-state index contributed by atoms with van der Waals surface area (Å²) >= 11 is 2.77. The molecule has 2 heterocycles. The van der Waals surface area contributed by atoms with Crippen molar-refractivity contribution in [3.05, 3.63) is 58.0 Å². The number of anilines is 1. The van der Waals surface area contributed by atoms with E-state index in [9.17, 15) is 9.90 Å². The zero-order chi connectivity index (χ0) is 17.2. The van der Waals surface area contributed by atoms with Crippen LogP contribution in [0.2, 0.25) is 0 Å². The lowest BCUT2D eigenvalue weighted by Gasteiger charge is -2.26. The van der Waals surface area contributed by atoms with Crippen molar-refractivity contribution < 1.29 is 5.11 Å². The van der Waals surface area contributed by atoms with Crippen LogP contribution in [0.4, 0.5) is 5.69 Å². The topological polar surface area (TPSA) is 67.2 Å². The summed E-state index contributed by atoms with van der Waals surface area (Å²) in [5, 5.41) is 12.8. The molecule has 0 saturated heterocycles. The van der Waals surface area contributed by atoms with Crippen molar-refractivity contribution in [2.75, 3.05) is 11.9 Å². The lowest BCUT2D eigenvalue weighted by Crippen LogP contribution is -2.35. The zero-order valence-corrected chi connectivity index (χ0v) is 15.2. The number of thiazole rings is 1. The van der Waals surface area contributed by atoms with Gasteiger partial charge in [-0.2, -0.15) is 4.98 Å². The third-order valence-corrected chi connectivity index (χ3v) is 5.24. The molecule has 0 aliphatic carbocycles. The Morgan fingerprint density at radius 1 is 1.29 bits per heavy atom. The fraction of sp³-hybridized carbons (Fsp3) is 0.294. The minimum absolute atomic E-state index is 0.0189. The molecule has 1 aromatic carbocycles. The maximum absolute atomic E-state index is 11.7. The van der Waals surface area contributed by atoms with E-state index < -0.39 is 5.54 Å². The maximum atomic E-state index is 11.7. The molecule has 0 fully saturated rings. The molecule has 3 rings (SSSR count). The average Bonchev–Trinajstić information content (AvgIpc) is 2.94. The van der Waals surface area contributed by atoms with E-state index in [2.05, 4.69) is 22.4 Å². The molecular weight excluding hydrogens is 342 g/mol. The molecule has 126 valence electrons. The Labute approximate surface area is 148 Å². The maximum Gasteiger partial charge on any atom is 0.327 e. The van der Waals surface area contributed by atoms with Crippen LogP contribution in [0.25, 0.3) is 10.6 Å². The molecule has 2 aliphatic rings. The lowest BCUT2D eigenvalue weighted by molar-refractivity contribution is 0.234. The van der Waals surface area contributed by atoms with Gasteiger partial charge in [0, 0.05) is 18.1 Å². The summed E-state index contributed by atoms with van der Waals surface area (Å²) in [7, 11) is 0. The van der Waals surface area contributed by atoms with E-state index in [1.165, 1.54) is 5.56 Å². The second-order valence-electron chi connectivity index (χ2n) is 6.15. The molecule has 2 aliphatic heterocycles. The fourth-order valence-electron chi connectivity index (χ4n) is 2.23. The number of aromatic nitrogens is 2. The van der Waals surface area contributed by atoms with Crippen LogP contribution in [-0.2, 0) is 5.75 Å². The Kier molecular flexibility index (Phi) is 4.93. The van der Waals surface area contributed by atoms with Crippen LogP contribution in [0.1, 0.15) is 19.4 Å². The van der Waals surface area contributed by atoms with Crippen molar-refractivity contribution >= 4 is 29.0 Å². The third-order valence-electron chi connectivity index (χ3n) is 3.48. The predicted octanol–water partition coefficient (Wildman–Crippen LogP) is 3.29. The van der Waals surface area contributed by atoms with Gasteiger partial charge in [0.25, 0.3) is 0 Å². The van der Waals surface area contributed by atoms with E-state index >= 15 is 0 Å². The molecule has 0 saturated carbocycles. The lowest BCUT2D eigenvalue weighted by atomic mass is 10.1. The van der Waals surface area contributed by atoms with Crippen LogP contribution in [0.5, 0.6) is 0 Å². The minimum atomic E-state index is -0.497. The van der Waals surface area contributed by atoms with Gasteiger partial charge in [-0.3, -0.25) is 8.77 Å². The van der Waals surface area contributed by atoms with Crippen molar-refractivity contribution in [1.82, 2.24) is 8.96 Å². The van der Waals surface area contributed by atoms with Gasteiger partial charge in [-0.25, -0.2) is 0 Å². The summed E-state index contributed by atoms with van der Waals surface area (Å²) in [6.45, 7) is 3.78. The van der Waals surface area contributed by atoms with Crippen LogP contribution < -0.4 is 10.2 Å². The molecule has 0 aromatic heterocycles. The highest BCUT2D eigenvalue weighted by Gasteiger charge is 2.22. The molecule has 7 heteroatoms. The molecule has 0 radical (unpaired) electrons. The molecule has 0 unspecified atom stereocenters. The van der Waals surface area contributed by atoms with E-state index in [4.69, 9.17) is 0 Å². The molecule has 24 heavy (non-hydrogen) atoms. The van der Waals surface area contributed by atoms with Gasteiger partial charge in [0.2, 0.25) is 0 Å². The first kappa shape index (κ1) is 17.0. The minimum Gasteiger partial charge on any atom is -0.394 e. The summed E-state index contributed by atoms with van der Waals surface area (Å²) < 4.78 is 1.99. The normalized spacial score (nSPS) is 11.8. The van der Waals surface area contributed by atoms with Crippen LogP contribution in [0.15, 0.2) is 47.5 Å². The number of aliphatic hydroxyl groups excluding tert-OH is 1. The van der Waals surface area contributed by atoms with Crippen LogP contribution in [-0.4, -0.2) is 26.2 Å². The number of fused-ring (bicyclic) bond motifs is 1. The van der Waals surface area contributed by atoms with Gasteiger partial charge >= 0.3 is 4.87 Å². The number of benzene rings is 1. The van der Waals surface area contributed by atoms with E-state index in [1.807, 2.05) is 48.4 Å². The van der Waals surface area contributed by atoms with E-state index in [-0.39, 0.29) is 11.5 Å². The van der Waals surface area contributed by atoms with Gasteiger partial charge in [0.15, 0.2) is 0 Å². The highest BCUT2D eigenvalue weighted by molar-refractivity contribution is 7.97. The quantitative estimate of drug-likeness (QED) is 0.705. The summed E-state index contributed by atoms with van der Waals surface area (Å²) in [5.74, 6) is 0.822. The second-order valence-corrected chi connectivity index (χ2v) is 8.11. The Bertz CT molecular complexity index is 843. The van der Waals surface area contributed by atoms with E-state index in [0.29, 0.717) is 5.69 Å².